The fourth-order valence-corrected chi connectivity index (χ4v) is 2.62. The highest BCUT2D eigenvalue weighted by Crippen LogP contribution is 2.12. The van der Waals surface area contributed by atoms with Gasteiger partial charge in [-0.3, -0.25) is 9.20 Å². The van der Waals surface area contributed by atoms with E-state index in [1.165, 1.54) is 10.5 Å². The van der Waals surface area contributed by atoms with Crippen molar-refractivity contribution in [2.24, 2.45) is 0 Å². The number of aromatic nitrogens is 2. The van der Waals surface area contributed by atoms with Crippen LogP contribution >= 0.6 is 0 Å². The monoisotopic (exact) mass is 308 g/mol. The van der Waals surface area contributed by atoms with Gasteiger partial charge in [0.05, 0.1) is 0 Å². The molecule has 3 aromatic rings. The Hall–Kier alpha value is -2.82. The molecule has 0 saturated carbocycles. The second-order valence-electron chi connectivity index (χ2n) is 5.67. The van der Waals surface area contributed by atoms with Gasteiger partial charge in [-0.25, -0.2) is 4.98 Å². The molecule has 1 aromatic carbocycles. The normalized spacial score (nSPS) is 12.1. The second kappa shape index (κ2) is 6.52. The van der Waals surface area contributed by atoms with Gasteiger partial charge in [0.25, 0.3) is 5.56 Å². The van der Waals surface area contributed by atoms with Gasteiger partial charge in [-0.1, -0.05) is 24.3 Å². The van der Waals surface area contributed by atoms with Gasteiger partial charge in [0.15, 0.2) is 0 Å². The number of nitrogens with one attached hydrogen (secondary N) is 1. The number of hydrogen-bond acceptors (Lipinski definition) is 4. The smallest absolute Gasteiger partial charge is 0.259 e. The van der Waals surface area contributed by atoms with Crippen LogP contribution in [0.15, 0.2) is 65.6 Å². The summed E-state index contributed by atoms with van der Waals surface area (Å²) in [6.07, 6.45) is 1.72. The third kappa shape index (κ3) is 3.51. The van der Waals surface area contributed by atoms with E-state index in [-0.39, 0.29) is 11.6 Å². The molecular weight excluding hydrogens is 288 g/mol. The zero-order chi connectivity index (χ0) is 16.2. The maximum absolute atomic E-state index is 12.1. The number of fused-ring (bicyclic) bond motifs is 1. The van der Waals surface area contributed by atoms with Crippen LogP contribution in [-0.4, -0.2) is 29.0 Å². The minimum absolute atomic E-state index is 0.0817. The lowest BCUT2D eigenvalue weighted by Crippen LogP contribution is -2.33. The summed E-state index contributed by atoms with van der Waals surface area (Å²) in [5.41, 5.74) is 1.72. The molecule has 0 spiro atoms. The molecule has 2 heterocycles. The molecule has 2 aromatic heterocycles. The zero-order valence-corrected chi connectivity index (χ0v) is 13.3. The van der Waals surface area contributed by atoms with Crippen LogP contribution < -0.4 is 15.8 Å². The standard InChI is InChI=1S/C18H20N4O/c1-14(13-21(2)15-8-4-3-5-9-15)19-16-12-18(23)22-11-7-6-10-17(22)20-16/h3-12,14,19H,13H2,1-2H3/t14-/m1/s1. The average Bonchev–Trinajstić information content (AvgIpc) is 2.55. The van der Waals surface area contributed by atoms with Crippen molar-refractivity contribution in [1.29, 1.82) is 0 Å². The Bertz CT molecular complexity index is 844. The number of anilines is 2. The molecule has 0 amide bonds. The van der Waals surface area contributed by atoms with Crippen molar-refractivity contribution in [2.75, 3.05) is 23.8 Å². The second-order valence-corrected chi connectivity index (χ2v) is 5.67. The highest BCUT2D eigenvalue weighted by atomic mass is 16.1. The fraction of sp³-hybridized carbons (Fsp3) is 0.222. The van der Waals surface area contributed by atoms with Crippen LogP contribution in [0.25, 0.3) is 5.65 Å². The molecule has 1 N–H and O–H groups in total. The van der Waals surface area contributed by atoms with E-state index < -0.39 is 0 Å². The summed E-state index contributed by atoms with van der Waals surface area (Å²) in [5.74, 6) is 0.607. The molecule has 0 aliphatic heterocycles. The van der Waals surface area contributed by atoms with E-state index in [0.29, 0.717) is 11.5 Å². The summed E-state index contributed by atoms with van der Waals surface area (Å²) >= 11 is 0. The van der Waals surface area contributed by atoms with E-state index in [2.05, 4.69) is 41.3 Å². The van der Waals surface area contributed by atoms with E-state index in [0.717, 1.165) is 12.2 Å². The molecule has 0 aliphatic carbocycles. The average molecular weight is 308 g/mol. The predicted octanol–water partition coefficient (Wildman–Crippen LogP) is 2.63. The lowest BCUT2D eigenvalue weighted by Gasteiger charge is -2.24. The highest BCUT2D eigenvalue weighted by molar-refractivity contribution is 5.48. The maximum Gasteiger partial charge on any atom is 0.259 e. The summed E-state index contributed by atoms with van der Waals surface area (Å²) in [6, 6.07) is 17.4. The molecular formula is C18H20N4O. The molecule has 0 fully saturated rings. The van der Waals surface area contributed by atoms with Gasteiger partial charge < -0.3 is 10.2 Å². The van der Waals surface area contributed by atoms with Crippen LogP contribution in [-0.2, 0) is 0 Å². The summed E-state index contributed by atoms with van der Waals surface area (Å²) in [5, 5.41) is 3.31. The minimum Gasteiger partial charge on any atom is -0.373 e. The van der Waals surface area contributed by atoms with Crippen LogP contribution in [0.4, 0.5) is 11.5 Å². The van der Waals surface area contributed by atoms with Crippen molar-refractivity contribution < 1.29 is 0 Å². The Morgan fingerprint density at radius 1 is 1.17 bits per heavy atom. The summed E-state index contributed by atoms with van der Waals surface area (Å²) in [4.78, 5) is 18.8. The fourth-order valence-electron chi connectivity index (χ4n) is 2.62. The largest absolute Gasteiger partial charge is 0.373 e. The Kier molecular flexibility index (Phi) is 4.28. The first kappa shape index (κ1) is 15.1. The third-order valence-electron chi connectivity index (χ3n) is 3.71. The summed E-state index contributed by atoms with van der Waals surface area (Å²) in [7, 11) is 2.05. The number of likely N-dealkylation sites (N-methyl/N-ethyl adjacent to an activating group) is 1. The van der Waals surface area contributed by atoms with Crippen LogP contribution in [0, 0.1) is 0 Å². The van der Waals surface area contributed by atoms with E-state index >= 15 is 0 Å². The Balaban J connectivity index is 1.73. The van der Waals surface area contributed by atoms with E-state index in [4.69, 9.17) is 0 Å². The van der Waals surface area contributed by atoms with Crippen LogP contribution in [0.1, 0.15) is 6.92 Å². The van der Waals surface area contributed by atoms with Crippen LogP contribution in [0.2, 0.25) is 0 Å². The molecule has 3 rings (SSSR count). The molecule has 0 unspecified atom stereocenters. The first-order chi connectivity index (χ1) is 11.1. The van der Waals surface area contributed by atoms with Crippen molar-refractivity contribution in [3.8, 4) is 0 Å². The molecule has 0 aliphatic rings. The summed E-state index contributed by atoms with van der Waals surface area (Å²) in [6.45, 7) is 2.88. The van der Waals surface area contributed by atoms with Crippen molar-refractivity contribution in [3.63, 3.8) is 0 Å². The minimum atomic E-state index is -0.0817. The molecule has 5 nitrogen and oxygen atoms in total. The van der Waals surface area contributed by atoms with Crippen molar-refractivity contribution in [3.05, 3.63) is 71.1 Å². The zero-order valence-electron chi connectivity index (χ0n) is 13.3. The highest BCUT2D eigenvalue weighted by Gasteiger charge is 2.09. The Morgan fingerprint density at radius 3 is 2.70 bits per heavy atom. The Labute approximate surface area is 135 Å². The van der Waals surface area contributed by atoms with Gasteiger partial charge in [-0.05, 0) is 31.2 Å². The molecule has 118 valence electrons. The van der Waals surface area contributed by atoms with Gasteiger partial charge in [0.2, 0.25) is 0 Å². The molecule has 0 bridgehead atoms. The molecule has 0 saturated heterocycles. The SMILES string of the molecule is C[C@H](CN(C)c1ccccc1)Nc1cc(=O)n2ccccc2n1. The number of hydrogen-bond donors (Lipinski definition) is 1. The number of benzene rings is 1. The van der Waals surface area contributed by atoms with Gasteiger partial charge in [-0.15, -0.1) is 0 Å². The lowest BCUT2D eigenvalue weighted by atomic mass is 10.2. The predicted molar refractivity (Wildman–Crippen MR) is 94.3 cm³/mol. The van der Waals surface area contributed by atoms with Crippen molar-refractivity contribution in [2.45, 2.75) is 13.0 Å². The first-order valence-electron chi connectivity index (χ1n) is 7.64. The summed E-state index contributed by atoms with van der Waals surface area (Å²) < 4.78 is 1.53. The van der Waals surface area contributed by atoms with Crippen LogP contribution in [0.5, 0.6) is 0 Å². The topological polar surface area (TPSA) is 49.6 Å². The van der Waals surface area contributed by atoms with Gasteiger partial charge in [0.1, 0.15) is 11.5 Å². The molecule has 5 heteroatoms. The Morgan fingerprint density at radius 2 is 1.91 bits per heavy atom. The van der Waals surface area contributed by atoms with Gasteiger partial charge >= 0.3 is 0 Å². The van der Waals surface area contributed by atoms with Gasteiger partial charge in [-0.2, -0.15) is 0 Å². The van der Waals surface area contributed by atoms with Crippen molar-refractivity contribution >= 4 is 17.2 Å². The number of pyridine rings is 1. The lowest BCUT2D eigenvalue weighted by molar-refractivity contribution is 0.755. The first-order valence-corrected chi connectivity index (χ1v) is 7.64. The van der Waals surface area contributed by atoms with Gasteiger partial charge in [0, 0.05) is 37.6 Å². The number of nitrogens with zero attached hydrogens (tertiary/aromatic N) is 3. The molecule has 23 heavy (non-hydrogen) atoms. The maximum atomic E-state index is 12.1. The van der Waals surface area contributed by atoms with Crippen molar-refractivity contribution in [1.82, 2.24) is 9.38 Å². The van der Waals surface area contributed by atoms with Crippen LogP contribution in [0.3, 0.4) is 0 Å². The molecule has 1 atom stereocenters. The third-order valence-corrected chi connectivity index (χ3v) is 3.71. The quantitative estimate of drug-likeness (QED) is 0.787. The van der Waals surface area contributed by atoms with E-state index in [9.17, 15) is 4.79 Å². The van der Waals surface area contributed by atoms with E-state index in [1.54, 1.807) is 6.20 Å². The molecule has 0 radical (unpaired) electrons. The number of para-hydroxylation sites is 1. The number of rotatable bonds is 5. The van der Waals surface area contributed by atoms with E-state index in [1.807, 2.05) is 36.4 Å².